The minimum Gasteiger partial charge on any atom is -0.370 e. The molecular formula is C11H15IN4S. The highest BCUT2D eigenvalue weighted by Gasteiger charge is 2.01. The van der Waals surface area contributed by atoms with E-state index in [4.69, 9.17) is 11.5 Å². The summed E-state index contributed by atoms with van der Waals surface area (Å²) in [6, 6.07) is 8.16. The highest BCUT2D eigenvalue weighted by atomic mass is 127. The zero-order valence-corrected chi connectivity index (χ0v) is 12.4. The molecule has 0 saturated carbocycles. The third-order valence-corrected chi connectivity index (χ3v) is 3.28. The fourth-order valence-electron chi connectivity index (χ4n) is 1.47. The van der Waals surface area contributed by atoms with Crippen molar-refractivity contribution in [1.82, 2.24) is 4.98 Å². The summed E-state index contributed by atoms with van der Waals surface area (Å²) < 4.78 is 1.24. The molecule has 2 rings (SSSR count). The largest absolute Gasteiger partial charge is 0.370 e. The number of nitrogens with zero attached hydrogens (tertiary/aromatic N) is 2. The molecule has 0 bridgehead atoms. The van der Waals surface area contributed by atoms with Crippen LogP contribution in [0.5, 0.6) is 0 Å². The van der Waals surface area contributed by atoms with Gasteiger partial charge in [0.15, 0.2) is 5.96 Å². The molecule has 0 aliphatic heterocycles. The number of nitrogens with two attached hydrogens (primary N) is 2. The molecule has 0 radical (unpaired) electrons. The van der Waals surface area contributed by atoms with Crippen LogP contribution in [-0.2, 0) is 6.42 Å². The van der Waals surface area contributed by atoms with Crippen molar-refractivity contribution in [3.8, 4) is 0 Å². The van der Waals surface area contributed by atoms with Gasteiger partial charge in [-0.25, -0.2) is 4.98 Å². The molecule has 4 N–H and O–H groups in total. The minimum absolute atomic E-state index is 0. The maximum Gasteiger partial charge on any atom is 0.185 e. The minimum atomic E-state index is 0. The van der Waals surface area contributed by atoms with E-state index in [1.54, 1.807) is 11.3 Å². The van der Waals surface area contributed by atoms with E-state index in [1.165, 1.54) is 4.70 Å². The summed E-state index contributed by atoms with van der Waals surface area (Å²) in [5.41, 5.74) is 11.6. The topological polar surface area (TPSA) is 77.3 Å². The molecule has 6 heteroatoms. The lowest BCUT2D eigenvalue weighted by Crippen LogP contribution is -2.23. The summed E-state index contributed by atoms with van der Waals surface area (Å²) in [6.07, 6.45) is 1.86. The number of guanidine groups is 1. The molecule has 92 valence electrons. The van der Waals surface area contributed by atoms with Crippen LogP contribution in [0.1, 0.15) is 11.4 Å². The van der Waals surface area contributed by atoms with Gasteiger partial charge in [0, 0.05) is 13.0 Å². The van der Waals surface area contributed by atoms with Crippen molar-refractivity contribution in [1.29, 1.82) is 0 Å². The molecule has 1 heterocycles. The molecule has 1 aromatic carbocycles. The van der Waals surface area contributed by atoms with Gasteiger partial charge in [-0.2, -0.15) is 0 Å². The van der Waals surface area contributed by atoms with Crippen LogP contribution in [0.25, 0.3) is 10.2 Å². The maximum absolute atomic E-state index is 5.25. The van der Waals surface area contributed by atoms with Crippen molar-refractivity contribution < 1.29 is 0 Å². The maximum atomic E-state index is 5.25. The van der Waals surface area contributed by atoms with E-state index in [9.17, 15) is 0 Å². The fraction of sp³-hybridized carbons (Fsp3) is 0.273. The van der Waals surface area contributed by atoms with Gasteiger partial charge < -0.3 is 11.5 Å². The molecule has 0 unspecified atom stereocenters. The number of rotatable bonds is 4. The number of benzene rings is 1. The highest BCUT2D eigenvalue weighted by molar-refractivity contribution is 14.0. The number of hydrogen-bond acceptors (Lipinski definition) is 3. The second-order valence-corrected chi connectivity index (χ2v) is 4.60. The Morgan fingerprint density at radius 2 is 2.06 bits per heavy atom. The highest BCUT2D eigenvalue weighted by Crippen LogP contribution is 2.22. The zero-order valence-electron chi connectivity index (χ0n) is 9.30. The molecule has 2 aromatic rings. The molecule has 0 aliphatic rings. The predicted octanol–water partition coefficient (Wildman–Crippen LogP) is 2.12. The van der Waals surface area contributed by atoms with Crippen LogP contribution < -0.4 is 11.5 Å². The number of aromatic nitrogens is 1. The Morgan fingerprint density at radius 1 is 1.29 bits per heavy atom. The van der Waals surface area contributed by atoms with Crippen molar-refractivity contribution in [2.75, 3.05) is 6.54 Å². The lowest BCUT2D eigenvalue weighted by molar-refractivity contribution is 0.827. The van der Waals surface area contributed by atoms with Crippen LogP contribution in [-0.4, -0.2) is 17.5 Å². The van der Waals surface area contributed by atoms with Crippen LogP contribution in [0, 0.1) is 0 Å². The number of para-hydroxylation sites is 1. The van der Waals surface area contributed by atoms with Gasteiger partial charge in [-0.3, -0.25) is 4.99 Å². The van der Waals surface area contributed by atoms with Crippen molar-refractivity contribution in [2.45, 2.75) is 12.8 Å². The van der Waals surface area contributed by atoms with Crippen LogP contribution >= 0.6 is 35.3 Å². The number of aryl methyl sites for hydroxylation is 1. The summed E-state index contributed by atoms with van der Waals surface area (Å²) >= 11 is 1.73. The number of hydrogen-bond donors (Lipinski definition) is 2. The molecule has 0 saturated heterocycles. The van der Waals surface area contributed by atoms with Crippen LogP contribution in [0.4, 0.5) is 0 Å². The normalized spacial score (nSPS) is 9.88. The fourth-order valence-corrected chi connectivity index (χ4v) is 2.47. The second-order valence-electron chi connectivity index (χ2n) is 3.49. The van der Waals surface area contributed by atoms with Gasteiger partial charge in [0.1, 0.15) is 0 Å². The van der Waals surface area contributed by atoms with Crippen LogP contribution in [0.15, 0.2) is 29.3 Å². The Kier molecular flexibility index (Phi) is 5.63. The van der Waals surface area contributed by atoms with E-state index in [0.29, 0.717) is 6.54 Å². The lowest BCUT2D eigenvalue weighted by Gasteiger charge is -1.93. The van der Waals surface area contributed by atoms with Gasteiger partial charge in [0.05, 0.1) is 15.2 Å². The van der Waals surface area contributed by atoms with E-state index in [0.717, 1.165) is 23.4 Å². The van der Waals surface area contributed by atoms with Crippen molar-refractivity contribution in [3.63, 3.8) is 0 Å². The molecule has 0 fully saturated rings. The SMILES string of the molecule is I.NC(N)=NCCCc1nc2ccccc2s1. The predicted molar refractivity (Wildman–Crippen MR) is 84.0 cm³/mol. The van der Waals surface area contributed by atoms with E-state index < -0.39 is 0 Å². The summed E-state index contributed by atoms with van der Waals surface area (Å²) in [7, 11) is 0. The average Bonchev–Trinajstić information content (AvgIpc) is 2.66. The van der Waals surface area contributed by atoms with E-state index in [-0.39, 0.29) is 29.9 Å². The van der Waals surface area contributed by atoms with E-state index in [2.05, 4.69) is 16.0 Å². The molecule has 0 amide bonds. The molecule has 0 spiro atoms. The molecule has 1 aromatic heterocycles. The van der Waals surface area contributed by atoms with Gasteiger partial charge in [0.25, 0.3) is 0 Å². The smallest absolute Gasteiger partial charge is 0.185 e. The van der Waals surface area contributed by atoms with Gasteiger partial charge in [-0.1, -0.05) is 12.1 Å². The number of halogens is 1. The average molecular weight is 362 g/mol. The van der Waals surface area contributed by atoms with Crippen molar-refractivity contribution in [3.05, 3.63) is 29.3 Å². The van der Waals surface area contributed by atoms with Crippen LogP contribution in [0.3, 0.4) is 0 Å². The Balaban J connectivity index is 0.00000144. The van der Waals surface area contributed by atoms with Gasteiger partial charge in [-0.05, 0) is 18.6 Å². The molecular weight excluding hydrogens is 347 g/mol. The lowest BCUT2D eigenvalue weighted by atomic mass is 10.3. The monoisotopic (exact) mass is 362 g/mol. The Labute approximate surface area is 121 Å². The summed E-state index contributed by atoms with van der Waals surface area (Å²) in [4.78, 5) is 8.48. The summed E-state index contributed by atoms with van der Waals surface area (Å²) in [5.74, 6) is 0.157. The first-order valence-corrected chi connectivity index (χ1v) is 5.97. The first kappa shape index (κ1) is 14.2. The van der Waals surface area contributed by atoms with Crippen LogP contribution in [0.2, 0.25) is 0 Å². The number of fused-ring (bicyclic) bond motifs is 1. The van der Waals surface area contributed by atoms with Gasteiger partial charge in [0.2, 0.25) is 0 Å². The van der Waals surface area contributed by atoms with Gasteiger partial charge >= 0.3 is 0 Å². The standard InChI is InChI=1S/C11H14N4S.HI/c12-11(13)14-7-3-6-10-15-8-4-1-2-5-9(8)16-10;/h1-2,4-5H,3,6-7H2,(H4,12,13,14);1H. The third kappa shape index (κ3) is 4.12. The van der Waals surface area contributed by atoms with Gasteiger partial charge in [-0.15, -0.1) is 35.3 Å². The Morgan fingerprint density at radius 3 is 2.76 bits per heavy atom. The molecule has 0 aliphatic carbocycles. The first-order valence-electron chi connectivity index (χ1n) is 5.15. The Bertz CT molecular complexity index is 472. The summed E-state index contributed by atoms with van der Waals surface area (Å²) in [6.45, 7) is 0.665. The molecule has 0 atom stereocenters. The van der Waals surface area contributed by atoms with E-state index >= 15 is 0 Å². The Hall–Kier alpha value is -0.890. The third-order valence-electron chi connectivity index (χ3n) is 2.18. The van der Waals surface area contributed by atoms with E-state index in [1.807, 2.05) is 18.2 Å². The van der Waals surface area contributed by atoms with Crippen molar-refractivity contribution in [2.24, 2.45) is 16.5 Å². The van der Waals surface area contributed by atoms with Crippen molar-refractivity contribution >= 4 is 51.5 Å². The number of aliphatic imine (C=N–C) groups is 1. The quantitative estimate of drug-likeness (QED) is 0.379. The first-order chi connectivity index (χ1) is 7.75. The second kappa shape index (κ2) is 6.75. The molecule has 4 nitrogen and oxygen atoms in total. The number of thiazole rings is 1. The zero-order chi connectivity index (χ0) is 11.4. The summed E-state index contributed by atoms with van der Waals surface area (Å²) in [5, 5.41) is 1.15. The molecule has 17 heavy (non-hydrogen) atoms.